The van der Waals surface area contributed by atoms with Crippen LogP contribution in [-0.2, 0) is 6.54 Å². The van der Waals surface area contributed by atoms with Gasteiger partial charge in [0, 0.05) is 0 Å². The van der Waals surface area contributed by atoms with Crippen LogP contribution in [0.4, 0.5) is 5.69 Å². The molecule has 1 aromatic carbocycles. The van der Waals surface area contributed by atoms with Gasteiger partial charge in [0.1, 0.15) is 0 Å². The number of hydrogen-bond donors (Lipinski definition) is 2. The Balaban J connectivity index is 0. The first-order chi connectivity index (χ1) is 4.34. The van der Waals surface area contributed by atoms with Crippen molar-refractivity contribution < 1.29 is 1.43 Å². The van der Waals surface area contributed by atoms with Gasteiger partial charge in [-0.05, 0) is 6.54 Å². The van der Waals surface area contributed by atoms with Gasteiger partial charge in [-0.25, -0.2) is 0 Å². The molecule has 0 aliphatic carbocycles. The Bertz CT molecular complexity index is 205. The maximum absolute atomic E-state index is 5.53. The first-order valence-electron chi connectivity index (χ1n) is 2.79. The Morgan fingerprint density at radius 3 is 2.70 bits per heavy atom. The van der Waals surface area contributed by atoms with Crippen LogP contribution in [0.2, 0.25) is 0 Å². The molecule has 0 heterocycles. The second-order valence-electron chi connectivity index (χ2n) is 1.83. The van der Waals surface area contributed by atoms with E-state index in [2.05, 4.69) is 6.07 Å². The van der Waals surface area contributed by atoms with Crippen LogP contribution in [0.5, 0.6) is 0 Å². The molecule has 0 aliphatic rings. The number of benzene rings is 1. The molecule has 0 radical (unpaired) electrons. The van der Waals surface area contributed by atoms with E-state index < -0.39 is 0 Å². The van der Waals surface area contributed by atoms with E-state index in [0.29, 0.717) is 6.54 Å². The minimum absolute atomic E-state index is 0. The second-order valence-corrected chi connectivity index (χ2v) is 1.83. The van der Waals surface area contributed by atoms with Crippen LogP contribution in [0.3, 0.4) is 0 Å². The normalized spacial score (nSPS) is 8.50. The maximum Gasteiger partial charge on any atom is 2.00 e. The standard InChI is InChI=1S/C7H9N2.Be.H/c8-5-6-3-1-2-4-7(6)9;;/h2-4H,5,8-9H2;;/q-1;+2;-1. The molecule has 0 spiro atoms. The Kier molecular flexibility index (Phi) is 3.70. The van der Waals surface area contributed by atoms with E-state index in [9.17, 15) is 0 Å². The van der Waals surface area contributed by atoms with Crippen molar-refractivity contribution in [3.63, 3.8) is 0 Å². The van der Waals surface area contributed by atoms with Crippen molar-refractivity contribution in [2.24, 2.45) is 5.73 Å². The fraction of sp³-hybridized carbons (Fsp3) is 0.143. The Morgan fingerprint density at radius 1 is 1.60 bits per heavy atom. The van der Waals surface area contributed by atoms with Crippen LogP contribution < -0.4 is 11.5 Å². The number of nitrogen functional groups attached to an aromatic ring is 1. The van der Waals surface area contributed by atoms with Gasteiger partial charge in [-0.15, -0.1) is 11.6 Å². The zero-order chi connectivity index (χ0) is 6.69. The summed E-state index contributed by atoms with van der Waals surface area (Å²) in [5.74, 6) is 0. The molecule has 50 valence electrons. The summed E-state index contributed by atoms with van der Waals surface area (Å²) in [6.45, 7) is 0.489. The van der Waals surface area contributed by atoms with E-state index in [0.717, 1.165) is 11.3 Å². The molecule has 0 saturated carbocycles. The minimum atomic E-state index is 0. The summed E-state index contributed by atoms with van der Waals surface area (Å²) in [4.78, 5) is 0. The van der Waals surface area contributed by atoms with Crippen molar-refractivity contribution in [1.82, 2.24) is 0 Å². The summed E-state index contributed by atoms with van der Waals surface area (Å²) >= 11 is 0. The molecule has 0 bridgehead atoms. The van der Waals surface area contributed by atoms with Gasteiger partial charge in [0.05, 0.1) is 0 Å². The van der Waals surface area contributed by atoms with Crippen LogP contribution in [0.15, 0.2) is 18.2 Å². The summed E-state index contributed by atoms with van der Waals surface area (Å²) in [6.07, 6.45) is 0. The topological polar surface area (TPSA) is 52.0 Å². The molecule has 1 aromatic rings. The van der Waals surface area contributed by atoms with Crippen molar-refractivity contribution in [3.8, 4) is 0 Å². The number of nitrogens with two attached hydrogens (primary N) is 2. The number of rotatable bonds is 1. The van der Waals surface area contributed by atoms with Gasteiger partial charge in [0.15, 0.2) is 0 Å². The molecule has 3 heteroatoms. The van der Waals surface area contributed by atoms with Crippen molar-refractivity contribution in [2.45, 2.75) is 6.54 Å². The molecule has 2 nitrogen and oxygen atoms in total. The zero-order valence-electron chi connectivity index (χ0n) is 6.80. The first-order valence-corrected chi connectivity index (χ1v) is 2.79. The molecule has 1 rings (SSSR count). The summed E-state index contributed by atoms with van der Waals surface area (Å²) in [5, 5.41) is 0. The van der Waals surface area contributed by atoms with Gasteiger partial charge in [-0.2, -0.15) is 18.2 Å². The zero-order valence-corrected chi connectivity index (χ0v) is 5.80. The van der Waals surface area contributed by atoms with Crippen molar-refractivity contribution in [3.05, 3.63) is 29.8 Å². The third kappa shape index (κ3) is 1.83. The Labute approximate surface area is 65.9 Å². The fourth-order valence-electron chi connectivity index (χ4n) is 0.654. The molecule has 4 N–H and O–H groups in total. The SMILES string of the molecule is NCc1c[c-]ccc1N.[Be+2].[H-]. The molecule has 0 fully saturated rings. The third-order valence-corrected chi connectivity index (χ3v) is 1.21. The monoisotopic (exact) mass is 131 g/mol. The third-order valence-electron chi connectivity index (χ3n) is 1.21. The van der Waals surface area contributed by atoms with Crippen molar-refractivity contribution in [2.75, 3.05) is 5.73 Å². The van der Waals surface area contributed by atoms with Gasteiger partial charge in [0.25, 0.3) is 0 Å². The summed E-state index contributed by atoms with van der Waals surface area (Å²) in [5.41, 5.74) is 12.6. The van der Waals surface area contributed by atoms with Gasteiger partial charge in [-0.3, -0.25) is 0 Å². The van der Waals surface area contributed by atoms with E-state index in [1.54, 1.807) is 18.2 Å². The number of anilines is 1. The molecule has 0 atom stereocenters. The fourth-order valence-corrected chi connectivity index (χ4v) is 0.654. The van der Waals surface area contributed by atoms with E-state index in [1.165, 1.54) is 0 Å². The largest absolute Gasteiger partial charge is 2.00 e. The number of hydrogen-bond acceptors (Lipinski definition) is 2. The average molecular weight is 131 g/mol. The molecule has 0 aliphatic heterocycles. The molecule has 0 unspecified atom stereocenters. The summed E-state index contributed by atoms with van der Waals surface area (Å²) in [7, 11) is 0. The van der Waals surface area contributed by atoms with E-state index in [1.807, 2.05) is 0 Å². The Hall–Kier alpha value is -0.851. The van der Waals surface area contributed by atoms with Crippen LogP contribution in [-0.4, -0.2) is 10.1 Å². The van der Waals surface area contributed by atoms with Crippen molar-refractivity contribution >= 4 is 15.8 Å². The van der Waals surface area contributed by atoms with Gasteiger partial charge < -0.3 is 12.9 Å². The van der Waals surface area contributed by atoms with Crippen LogP contribution in [0.25, 0.3) is 0 Å². The minimum Gasteiger partial charge on any atom is -1.00 e. The molecule has 0 saturated heterocycles. The molecule has 0 amide bonds. The van der Waals surface area contributed by atoms with Gasteiger partial charge in [-0.1, -0.05) is 5.69 Å². The predicted octanol–water partition coefficient (Wildman–Crippen LogP) is 0.259. The van der Waals surface area contributed by atoms with E-state index >= 15 is 0 Å². The molecule has 0 aromatic heterocycles. The van der Waals surface area contributed by atoms with Crippen LogP contribution >= 0.6 is 0 Å². The average Bonchev–Trinajstić information content (AvgIpc) is 1.89. The van der Waals surface area contributed by atoms with Crippen molar-refractivity contribution in [1.29, 1.82) is 0 Å². The van der Waals surface area contributed by atoms with Gasteiger partial charge in [0.2, 0.25) is 0 Å². The van der Waals surface area contributed by atoms with Crippen LogP contribution in [0.1, 0.15) is 6.99 Å². The van der Waals surface area contributed by atoms with Crippen LogP contribution in [0, 0.1) is 6.07 Å². The second kappa shape index (κ2) is 4.04. The molecule has 10 heavy (non-hydrogen) atoms. The van der Waals surface area contributed by atoms with E-state index in [4.69, 9.17) is 11.5 Å². The first kappa shape index (κ1) is 9.15. The summed E-state index contributed by atoms with van der Waals surface area (Å²) < 4.78 is 0. The molecular formula is C7H10BeN2. The maximum atomic E-state index is 5.53. The Morgan fingerprint density at radius 2 is 2.30 bits per heavy atom. The summed E-state index contributed by atoms with van der Waals surface area (Å²) in [6, 6.07) is 8.26. The predicted molar refractivity (Wildman–Crippen MR) is 44.4 cm³/mol. The molecular weight excluding hydrogens is 121 g/mol. The quantitative estimate of drug-likeness (QED) is 0.326. The smallest absolute Gasteiger partial charge is 1.00 e. The van der Waals surface area contributed by atoms with Gasteiger partial charge >= 0.3 is 10.1 Å². The van der Waals surface area contributed by atoms with E-state index in [-0.39, 0.29) is 11.5 Å².